The first-order chi connectivity index (χ1) is 9.30. The fourth-order valence-corrected chi connectivity index (χ4v) is 2.14. The largest absolute Gasteiger partial charge is 0.459 e. The molecule has 1 aromatic heterocycles. The minimum atomic E-state index is -0.347. The van der Waals surface area contributed by atoms with Crippen molar-refractivity contribution in [2.75, 3.05) is 20.3 Å². The minimum Gasteiger partial charge on any atom is -0.459 e. The van der Waals surface area contributed by atoms with E-state index in [1.54, 1.807) is 0 Å². The second kappa shape index (κ2) is 6.70. The maximum atomic E-state index is 5.87. The van der Waals surface area contributed by atoms with E-state index in [-0.39, 0.29) is 12.3 Å². The van der Waals surface area contributed by atoms with Crippen LogP contribution in [0.15, 0.2) is 34.7 Å². The normalized spacial score (nSPS) is 13.3. The first-order valence-electron chi connectivity index (χ1n) is 6.69. The van der Waals surface area contributed by atoms with Gasteiger partial charge in [0.15, 0.2) is 6.29 Å². The molecule has 2 rings (SSSR count). The summed E-state index contributed by atoms with van der Waals surface area (Å²) in [6, 6.07) is 9.87. The quantitative estimate of drug-likeness (QED) is 0.780. The molecule has 4 heteroatoms. The molecule has 2 aromatic rings. The average Bonchev–Trinajstić information content (AvgIpc) is 2.83. The summed E-state index contributed by atoms with van der Waals surface area (Å²) in [6.45, 7) is 5.11. The van der Waals surface area contributed by atoms with Crippen LogP contribution in [0.3, 0.4) is 0 Å². The SMILES string of the molecule is CCOC(OCC)C(NC)c1cc2ccccc2o1. The highest BCUT2D eigenvalue weighted by Gasteiger charge is 2.25. The standard InChI is InChI=1S/C15H21NO3/c1-4-17-15(18-5-2)14(16-3)13-10-11-8-6-7-9-12(11)19-13/h6-10,14-16H,4-5H2,1-3H3. The van der Waals surface area contributed by atoms with Gasteiger partial charge in [0.1, 0.15) is 17.4 Å². The fraction of sp³-hybridized carbons (Fsp3) is 0.467. The summed E-state index contributed by atoms with van der Waals surface area (Å²) in [5.74, 6) is 0.829. The van der Waals surface area contributed by atoms with E-state index < -0.39 is 0 Å². The summed E-state index contributed by atoms with van der Waals surface area (Å²) >= 11 is 0. The maximum Gasteiger partial charge on any atom is 0.179 e. The van der Waals surface area contributed by atoms with Gasteiger partial charge in [-0.2, -0.15) is 0 Å². The molecule has 0 spiro atoms. The number of rotatable bonds is 7. The second-order valence-electron chi connectivity index (χ2n) is 4.23. The van der Waals surface area contributed by atoms with Crippen molar-refractivity contribution in [2.45, 2.75) is 26.2 Å². The number of nitrogens with one attached hydrogen (secondary N) is 1. The number of hydrogen-bond donors (Lipinski definition) is 1. The number of benzene rings is 1. The summed E-state index contributed by atoms with van der Waals surface area (Å²) in [6.07, 6.45) is -0.347. The molecule has 0 amide bonds. The lowest BCUT2D eigenvalue weighted by Crippen LogP contribution is -2.33. The smallest absolute Gasteiger partial charge is 0.179 e. The fourth-order valence-electron chi connectivity index (χ4n) is 2.14. The Hall–Kier alpha value is -1.36. The third kappa shape index (κ3) is 3.15. The van der Waals surface area contributed by atoms with Crippen LogP contribution in [0.1, 0.15) is 25.6 Å². The Morgan fingerprint density at radius 3 is 2.42 bits per heavy atom. The predicted octanol–water partition coefficient (Wildman–Crippen LogP) is 3.09. The van der Waals surface area contributed by atoms with Crippen molar-refractivity contribution in [3.8, 4) is 0 Å². The van der Waals surface area contributed by atoms with Gasteiger partial charge in [0.05, 0.1) is 0 Å². The lowest BCUT2D eigenvalue weighted by molar-refractivity contribution is -0.156. The molecule has 0 bridgehead atoms. The molecule has 19 heavy (non-hydrogen) atoms. The number of furan rings is 1. The van der Waals surface area contributed by atoms with Crippen molar-refractivity contribution in [3.05, 3.63) is 36.1 Å². The minimum absolute atomic E-state index is 0.118. The van der Waals surface area contributed by atoms with Crippen LogP contribution >= 0.6 is 0 Å². The Morgan fingerprint density at radius 1 is 1.16 bits per heavy atom. The molecule has 1 N–H and O–H groups in total. The van der Waals surface area contributed by atoms with Gasteiger partial charge in [-0.1, -0.05) is 18.2 Å². The average molecular weight is 263 g/mol. The predicted molar refractivity (Wildman–Crippen MR) is 75.1 cm³/mol. The van der Waals surface area contributed by atoms with Gasteiger partial charge in [0.25, 0.3) is 0 Å². The Kier molecular flexibility index (Phi) is 4.96. The van der Waals surface area contributed by atoms with Crippen LogP contribution in [0, 0.1) is 0 Å². The van der Waals surface area contributed by atoms with E-state index in [1.807, 2.05) is 51.2 Å². The van der Waals surface area contributed by atoms with Crippen molar-refractivity contribution in [3.63, 3.8) is 0 Å². The van der Waals surface area contributed by atoms with Gasteiger partial charge in [-0.3, -0.25) is 0 Å². The summed E-state index contributed by atoms with van der Waals surface area (Å²) in [7, 11) is 1.88. The number of fused-ring (bicyclic) bond motifs is 1. The number of hydrogen-bond acceptors (Lipinski definition) is 4. The van der Waals surface area contributed by atoms with E-state index in [0.717, 1.165) is 16.7 Å². The van der Waals surface area contributed by atoms with E-state index in [1.165, 1.54) is 0 Å². The van der Waals surface area contributed by atoms with E-state index in [4.69, 9.17) is 13.9 Å². The van der Waals surface area contributed by atoms with Gasteiger partial charge < -0.3 is 19.2 Å². The van der Waals surface area contributed by atoms with E-state index in [2.05, 4.69) is 5.32 Å². The van der Waals surface area contributed by atoms with E-state index in [0.29, 0.717) is 13.2 Å². The van der Waals surface area contributed by atoms with Crippen LogP contribution in [0.4, 0.5) is 0 Å². The summed E-state index contributed by atoms with van der Waals surface area (Å²) < 4.78 is 17.2. The lowest BCUT2D eigenvalue weighted by atomic mass is 10.2. The highest BCUT2D eigenvalue weighted by Crippen LogP contribution is 2.27. The van der Waals surface area contributed by atoms with Gasteiger partial charge in [-0.05, 0) is 33.0 Å². The monoisotopic (exact) mass is 263 g/mol. The van der Waals surface area contributed by atoms with Crippen LogP contribution < -0.4 is 5.32 Å². The molecule has 0 saturated heterocycles. The topological polar surface area (TPSA) is 43.6 Å². The number of para-hydroxylation sites is 1. The van der Waals surface area contributed by atoms with Crippen LogP contribution in [0.25, 0.3) is 11.0 Å². The van der Waals surface area contributed by atoms with Gasteiger partial charge in [0.2, 0.25) is 0 Å². The van der Waals surface area contributed by atoms with Crippen molar-refractivity contribution in [1.82, 2.24) is 5.32 Å². The maximum absolute atomic E-state index is 5.87. The molecule has 0 radical (unpaired) electrons. The van der Waals surface area contributed by atoms with Crippen molar-refractivity contribution in [2.24, 2.45) is 0 Å². The Bertz CT molecular complexity index is 470. The third-order valence-electron chi connectivity index (χ3n) is 3.00. The summed E-state index contributed by atoms with van der Waals surface area (Å²) in [5.41, 5.74) is 0.879. The first kappa shape index (κ1) is 14.1. The molecule has 0 fully saturated rings. The van der Waals surface area contributed by atoms with E-state index in [9.17, 15) is 0 Å². The molecule has 1 heterocycles. The molecule has 0 aliphatic rings. The van der Waals surface area contributed by atoms with Crippen LogP contribution in [0.5, 0.6) is 0 Å². The molecule has 0 aliphatic heterocycles. The van der Waals surface area contributed by atoms with E-state index >= 15 is 0 Å². The molecule has 0 aliphatic carbocycles. The zero-order chi connectivity index (χ0) is 13.7. The molecule has 1 atom stereocenters. The molecule has 1 unspecified atom stereocenters. The van der Waals surface area contributed by atoms with Crippen LogP contribution in [-0.4, -0.2) is 26.6 Å². The molecular formula is C15H21NO3. The molecule has 0 saturated carbocycles. The van der Waals surface area contributed by atoms with Gasteiger partial charge >= 0.3 is 0 Å². The Labute approximate surface area is 113 Å². The van der Waals surface area contributed by atoms with Crippen molar-refractivity contribution < 1.29 is 13.9 Å². The molecule has 1 aromatic carbocycles. The Balaban J connectivity index is 2.28. The van der Waals surface area contributed by atoms with Gasteiger partial charge in [-0.25, -0.2) is 0 Å². The van der Waals surface area contributed by atoms with Gasteiger partial charge in [-0.15, -0.1) is 0 Å². The van der Waals surface area contributed by atoms with Crippen LogP contribution in [-0.2, 0) is 9.47 Å². The molecule has 4 nitrogen and oxygen atoms in total. The highest BCUT2D eigenvalue weighted by atomic mass is 16.7. The number of ether oxygens (including phenoxy) is 2. The summed E-state index contributed by atoms with van der Waals surface area (Å²) in [5, 5.41) is 4.29. The van der Waals surface area contributed by atoms with Crippen molar-refractivity contribution in [1.29, 1.82) is 0 Å². The van der Waals surface area contributed by atoms with Gasteiger partial charge in [0, 0.05) is 18.6 Å². The van der Waals surface area contributed by atoms with Crippen LogP contribution in [0.2, 0.25) is 0 Å². The molecular weight excluding hydrogens is 242 g/mol. The zero-order valence-corrected chi connectivity index (χ0v) is 11.7. The first-order valence-corrected chi connectivity index (χ1v) is 6.69. The molecule has 104 valence electrons. The third-order valence-corrected chi connectivity index (χ3v) is 3.00. The number of likely N-dealkylation sites (N-methyl/N-ethyl adjacent to an activating group) is 1. The summed E-state index contributed by atoms with van der Waals surface area (Å²) in [4.78, 5) is 0. The Morgan fingerprint density at radius 2 is 1.84 bits per heavy atom. The highest BCUT2D eigenvalue weighted by molar-refractivity contribution is 5.77. The second-order valence-corrected chi connectivity index (χ2v) is 4.23. The lowest BCUT2D eigenvalue weighted by Gasteiger charge is -2.24. The zero-order valence-electron chi connectivity index (χ0n) is 11.7. The van der Waals surface area contributed by atoms with Crippen molar-refractivity contribution >= 4 is 11.0 Å².